The maximum absolute atomic E-state index is 12.5. The second-order valence-electron chi connectivity index (χ2n) is 6.49. The quantitative estimate of drug-likeness (QED) is 0.436. The zero-order valence-corrected chi connectivity index (χ0v) is 19.7. The molecule has 0 saturated heterocycles. The van der Waals surface area contributed by atoms with Gasteiger partial charge in [0.2, 0.25) is 0 Å². The van der Waals surface area contributed by atoms with Crippen LogP contribution in [0.2, 0.25) is 0 Å². The first-order chi connectivity index (χ1) is 15.3. The third-order valence-electron chi connectivity index (χ3n) is 4.28. The van der Waals surface area contributed by atoms with Crippen LogP contribution in [-0.4, -0.2) is 35.2 Å². The summed E-state index contributed by atoms with van der Waals surface area (Å²) < 4.78 is 44.2. The Morgan fingerprint density at radius 1 is 0.906 bits per heavy atom. The van der Waals surface area contributed by atoms with Gasteiger partial charge in [-0.15, -0.1) is 0 Å². The summed E-state index contributed by atoms with van der Waals surface area (Å²) in [6, 6.07) is 17.6. The normalized spacial score (nSPS) is 10.8. The number of halogens is 1. The first-order valence-electron chi connectivity index (χ1n) is 9.34. The van der Waals surface area contributed by atoms with Crippen molar-refractivity contribution < 1.29 is 27.4 Å². The first kappa shape index (κ1) is 23.4. The van der Waals surface area contributed by atoms with E-state index in [4.69, 9.17) is 14.2 Å². The molecule has 0 radical (unpaired) electrons. The monoisotopic (exact) mass is 520 g/mol. The van der Waals surface area contributed by atoms with Crippen LogP contribution in [0.1, 0.15) is 0 Å². The molecule has 0 fully saturated rings. The number of ether oxygens (including phenoxy) is 3. The smallest absolute Gasteiger partial charge is 0.262 e. The number of anilines is 2. The average molecular weight is 521 g/mol. The number of amides is 1. The van der Waals surface area contributed by atoms with Crippen molar-refractivity contribution in [3.05, 3.63) is 71.2 Å². The van der Waals surface area contributed by atoms with E-state index in [1.54, 1.807) is 42.5 Å². The van der Waals surface area contributed by atoms with E-state index in [9.17, 15) is 13.2 Å². The Morgan fingerprint density at radius 2 is 1.56 bits per heavy atom. The summed E-state index contributed by atoms with van der Waals surface area (Å²) in [6.45, 7) is -0.274. The number of carbonyl (C=O) groups is 1. The van der Waals surface area contributed by atoms with Gasteiger partial charge in [0.25, 0.3) is 15.9 Å². The van der Waals surface area contributed by atoms with Gasteiger partial charge in [0.05, 0.1) is 24.8 Å². The SMILES string of the molecule is COc1ccc(OC)c(NC(=O)COc2ccc(S(=O)(=O)Nc3ccc(Br)cc3)cc2)c1. The highest BCUT2D eigenvalue weighted by atomic mass is 79.9. The number of hydrogen-bond acceptors (Lipinski definition) is 6. The minimum Gasteiger partial charge on any atom is -0.497 e. The summed E-state index contributed by atoms with van der Waals surface area (Å²) in [7, 11) is -0.737. The summed E-state index contributed by atoms with van der Waals surface area (Å²) in [5.41, 5.74) is 0.888. The van der Waals surface area contributed by atoms with Crippen LogP contribution in [0.25, 0.3) is 0 Å². The van der Waals surface area contributed by atoms with Crippen LogP contribution < -0.4 is 24.2 Å². The Labute approximate surface area is 194 Å². The maximum Gasteiger partial charge on any atom is 0.262 e. The van der Waals surface area contributed by atoms with Gasteiger partial charge in [0.15, 0.2) is 6.61 Å². The van der Waals surface area contributed by atoms with Gasteiger partial charge in [-0.25, -0.2) is 8.42 Å². The molecule has 0 aliphatic heterocycles. The van der Waals surface area contributed by atoms with E-state index in [2.05, 4.69) is 26.0 Å². The fourth-order valence-electron chi connectivity index (χ4n) is 2.69. The van der Waals surface area contributed by atoms with Crippen molar-refractivity contribution in [2.24, 2.45) is 0 Å². The molecule has 1 amide bonds. The highest BCUT2D eigenvalue weighted by Crippen LogP contribution is 2.29. The number of benzene rings is 3. The third-order valence-corrected chi connectivity index (χ3v) is 6.21. The molecule has 0 spiro atoms. The highest BCUT2D eigenvalue weighted by Gasteiger charge is 2.15. The van der Waals surface area contributed by atoms with Crippen molar-refractivity contribution in [1.82, 2.24) is 0 Å². The topological polar surface area (TPSA) is 103 Å². The molecule has 3 rings (SSSR count). The molecule has 32 heavy (non-hydrogen) atoms. The Bertz CT molecular complexity index is 1180. The number of rotatable bonds is 9. The highest BCUT2D eigenvalue weighted by molar-refractivity contribution is 9.10. The molecule has 168 valence electrons. The van der Waals surface area contributed by atoms with Gasteiger partial charge in [-0.3, -0.25) is 9.52 Å². The summed E-state index contributed by atoms with van der Waals surface area (Å²) in [6.07, 6.45) is 0. The van der Waals surface area contributed by atoms with Crippen LogP contribution in [0.4, 0.5) is 11.4 Å². The van der Waals surface area contributed by atoms with Gasteiger partial charge < -0.3 is 19.5 Å². The van der Waals surface area contributed by atoms with E-state index in [-0.39, 0.29) is 11.5 Å². The summed E-state index contributed by atoms with van der Waals surface area (Å²) in [5.74, 6) is 0.980. The number of nitrogens with one attached hydrogen (secondary N) is 2. The second-order valence-corrected chi connectivity index (χ2v) is 9.08. The van der Waals surface area contributed by atoms with Crippen molar-refractivity contribution >= 4 is 43.2 Å². The molecule has 0 atom stereocenters. The molecule has 0 aliphatic rings. The second kappa shape index (κ2) is 10.4. The molecule has 3 aromatic rings. The Balaban J connectivity index is 1.60. The third kappa shape index (κ3) is 6.14. The molecule has 3 aromatic carbocycles. The molecule has 0 aromatic heterocycles. The molecule has 10 heteroatoms. The van der Waals surface area contributed by atoms with E-state index in [1.165, 1.54) is 38.5 Å². The van der Waals surface area contributed by atoms with E-state index in [0.29, 0.717) is 28.6 Å². The Morgan fingerprint density at radius 3 is 2.19 bits per heavy atom. The van der Waals surface area contributed by atoms with Gasteiger partial charge in [-0.2, -0.15) is 0 Å². The van der Waals surface area contributed by atoms with E-state index < -0.39 is 15.9 Å². The number of methoxy groups -OCH3 is 2. The predicted octanol–water partition coefficient (Wildman–Crippen LogP) is 4.28. The van der Waals surface area contributed by atoms with Crippen LogP contribution in [0.5, 0.6) is 17.2 Å². The van der Waals surface area contributed by atoms with E-state index in [1.807, 2.05) is 0 Å². The van der Waals surface area contributed by atoms with Gasteiger partial charge in [-0.05, 0) is 60.7 Å². The number of hydrogen-bond donors (Lipinski definition) is 2. The van der Waals surface area contributed by atoms with Crippen molar-refractivity contribution in [3.8, 4) is 17.2 Å². The van der Waals surface area contributed by atoms with Gasteiger partial charge in [0, 0.05) is 16.2 Å². The zero-order valence-electron chi connectivity index (χ0n) is 17.3. The van der Waals surface area contributed by atoms with Crippen LogP contribution in [0, 0.1) is 0 Å². The molecule has 0 heterocycles. The fourth-order valence-corrected chi connectivity index (χ4v) is 4.02. The standard InChI is InChI=1S/C22H21BrN2O6S/c1-29-18-9-12-21(30-2)20(13-18)24-22(26)14-31-17-7-10-19(11-8-17)32(27,28)25-16-5-3-15(23)4-6-16/h3-13,25H,14H2,1-2H3,(H,24,26). The lowest BCUT2D eigenvalue weighted by atomic mass is 10.2. The molecule has 0 saturated carbocycles. The van der Waals surface area contributed by atoms with Crippen LogP contribution >= 0.6 is 15.9 Å². The molecule has 0 unspecified atom stereocenters. The Hall–Kier alpha value is -3.24. The van der Waals surface area contributed by atoms with Crippen LogP contribution in [0.3, 0.4) is 0 Å². The molecule has 0 bridgehead atoms. The minimum atomic E-state index is -3.76. The summed E-state index contributed by atoms with van der Waals surface area (Å²) in [4.78, 5) is 12.3. The molecule has 8 nitrogen and oxygen atoms in total. The van der Waals surface area contributed by atoms with E-state index in [0.717, 1.165) is 4.47 Å². The average Bonchev–Trinajstić information content (AvgIpc) is 2.79. The van der Waals surface area contributed by atoms with Crippen molar-refractivity contribution in [2.75, 3.05) is 30.9 Å². The molecular weight excluding hydrogens is 500 g/mol. The van der Waals surface area contributed by atoms with Gasteiger partial charge >= 0.3 is 0 Å². The fraction of sp³-hybridized carbons (Fsp3) is 0.136. The largest absolute Gasteiger partial charge is 0.497 e. The number of carbonyl (C=O) groups excluding carboxylic acids is 1. The molecule has 2 N–H and O–H groups in total. The lowest BCUT2D eigenvalue weighted by molar-refractivity contribution is -0.118. The van der Waals surface area contributed by atoms with Crippen molar-refractivity contribution in [1.29, 1.82) is 0 Å². The van der Waals surface area contributed by atoms with Gasteiger partial charge in [-0.1, -0.05) is 15.9 Å². The Kier molecular flexibility index (Phi) is 7.60. The van der Waals surface area contributed by atoms with Crippen molar-refractivity contribution in [2.45, 2.75) is 4.90 Å². The lowest BCUT2D eigenvalue weighted by Crippen LogP contribution is -2.20. The number of sulfonamides is 1. The minimum absolute atomic E-state index is 0.0679. The summed E-state index contributed by atoms with van der Waals surface area (Å²) in [5, 5.41) is 2.70. The summed E-state index contributed by atoms with van der Waals surface area (Å²) >= 11 is 3.30. The van der Waals surface area contributed by atoms with Crippen LogP contribution in [-0.2, 0) is 14.8 Å². The molecule has 0 aliphatic carbocycles. The van der Waals surface area contributed by atoms with Crippen molar-refractivity contribution in [3.63, 3.8) is 0 Å². The van der Waals surface area contributed by atoms with Gasteiger partial charge in [0.1, 0.15) is 17.2 Å². The predicted molar refractivity (Wildman–Crippen MR) is 125 cm³/mol. The lowest BCUT2D eigenvalue weighted by Gasteiger charge is -2.12. The molecular formula is C22H21BrN2O6S. The van der Waals surface area contributed by atoms with Crippen LogP contribution in [0.15, 0.2) is 76.1 Å². The first-order valence-corrected chi connectivity index (χ1v) is 11.6. The maximum atomic E-state index is 12.5. The van der Waals surface area contributed by atoms with E-state index >= 15 is 0 Å². The zero-order chi connectivity index (χ0) is 23.1.